The predicted octanol–water partition coefficient (Wildman–Crippen LogP) is 5.47. The van der Waals surface area contributed by atoms with E-state index in [0.717, 1.165) is 44.2 Å². The third-order valence-corrected chi connectivity index (χ3v) is 7.32. The van der Waals surface area contributed by atoms with Crippen LogP contribution in [0.15, 0.2) is 59.1 Å². The number of rotatable bonds is 5. The zero-order valence-electron chi connectivity index (χ0n) is 18.7. The van der Waals surface area contributed by atoms with Crippen LogP contribution in [-0.2, 0) is 6.42 Å². The second-order valence-corrected chi connectivity index (χ2v) is 9.71. The van der Waals surface area contributed by atoms with Crippen molar-refractivity contribution in [1.29, 1.82) is 0 Å². The van der Waals surface area contributed by atoms with E-state index in [-0.39, 0.29) is 11.0 Å². The second-order valence-electron chi connectivity index (χ2n) is 7.55. The van der Waals surface area contributed by atoms with Crippen LogP contribution in [0.4, 0.5) is 5.69 Å². The molecular formula is C24H19BrN6O2S2. The summed E-state index contributed by atoms with van der Waals surface area (Å²) in [5.41, 5.74) is 2.07. The quantitative estimate of drug-likeness (QED) is 0.272. The predicted molar refractivity (Wildman–Crippen MR) is 145 cm³/mol. The average Bonchev–Trinajstić information content (AvgIpc) is 3.45. The van der Waals surface area contributed by atoms with E-state index in [1.807, 2.05) is 55.5 Å². The zero-order chi connectivity index (χ0) is 24.5. The Bertz CT molecular complexity index is 1580. The van der Waals surface area contributed by atoms with Crippen molar-refractivity contribution < 1.29 is 9.53 Å². The van der Waals surface area contributed by atoms with Crippen LogP contribution in [0.5, 0.6) is 5.75 Å². The first-order valence-corrected chi connectivity index (χ1v) is 12.7. The van der Waals surface area contributed by atoms with Gasteiger partial charge < -0.3 is 10.1 Å². The Morgan fingerprint density at radius 2 is 1.94 bits per heavy atom. The molecular weight excluding hydrogens is 548 g/mol. The lowest BCUT2D eigenvalue weighted by Gasteiger charge is -2.14. The summed E-state index contributed by atoms with van der Waals surface area (Å²) in [6, 6.07) is 17.2. The lowest BCUT2D eigenvalue weighted by atomic mass is 10.1. The highest BCUT2D eigenvalue weighted by Gasteiger charge is 2.19. The molecule has 1 amide bonds. The van der Waals surface area contributed by atoms with Crippen molar-refractivity contribution in [3.8, 4) is 16.3 Å². The maximum atomic E-state index is 13.0. The van der Waals surface area contributed by atoms with E-state index in [0.29, 0.717) is 15.8 Å². The molecule has 0 spiro atoms. The highest BCUT2D eigenvalue weighted by Crippen LogP contribution is 2.36. The summed E-state index contributed by atoms with van der Waals surface area (Å²) in [4.78, 5) is 13.8. The number of fused-ring (bicyclic) bond motifs is 2. The molecule has 0 aliphatic heterocycles. The van der Waals surface area contributed by atoms with E-state index < -0.39 is 0 Å². The van der Waals surface area contributed by atoms with E-state index >= 15 is 0 Å². The molecule has 0 unspecified atom stereocenters. The topological polar surface area (TPSA) is 93.4 Å². The van der Waals surface area contributed by atoms with Crippen molar-refractivity contribution in [1.82, 2.24) is 25.1 Å². The zero-order valence-corrected chi connectivity index (χ0v) is 21.9. The highest BCUT2D eigenvalue weighted by molar-refractivity contribution is 9.10. The molecule has 3 aromatic carbocycles. The van der Waals surface area contributed by atoms with Gasteiger partial charge in [0.05, 0.1) is 17.1 Å². The van der Waals surface area contributed by atoms with Gasteiger partial charge in [0.1, 0.15) is 10.8 Å². The number of benzene rings is 3. The molecule has 2 heterocycles. The Morgan fingerprint density at radius 3 is 2.69 bits per heavy atom. The largest absolute Gasteiger partial charge is 0.495 e. The van der Waals surface area contributed by atoms with Crippen molar-refractivity contribution in [3.05, 3.63) is 70.5 Å². The van der Waals surface area contributed by atoms with Crippen LogP contribution in [0, 0.1) is 0 Å². The van der Waals surface area contributed by atoms with Gasteiger partial charge >= 0.3 is 0 Å². The van der Waals surface area contributed by atoms with E-state index in [9.17, 15) is 4.79 Å². The van der Waals surface area contributed by atoms with Gasteiger partial charge in [0.2, 0.25) is 4.96 Å². The number of aromatic nitrogens is 4. The lowest BCUT2D eigenvalue weighted by Crippen LogP contribution is -2.34. The fourth-order valence-corrected chi connectivity index (χ4v) is 5.49. The molecule has 0 radical (unpaired) electrons. The van der Waals surface area contributed by atoms with Crippen LogP contribution in [-0.4, -0.2) is 37.9 Å². The first-order chi connectivity index (χ1) is 17.0. The van der Waals surface area contributed by atoms with Gasteiger partial charge in [-0.1, -0.05) is 42.5 Å². The summed E-state index contributed by atoms with van der Waals surface area (Å²) < 4.78 is 8.00. The van der Waals surface area contributed by atoms with Gasteiger partial charge in [-0.15, -0.1) is 10.2 Å². The molecule has 176 valence electrons. The Kier molecular flexibility index (Phi) is 6.46. The number of ether oxygens (including phenoxy) is 1. The van der Waals surface area contributed by atoms with Crippen molar-refractivity contribution in [2.75, 3.05) is 12.4 Å². The number of nitrogens with one attached hydrogen (secondary N) is 2. The molecule has 0 aliphatic carbocycles. The summed E-state index contributed by atoms with van der Waals surface area (Å²) in [6.45, 7) is 2.02. The number of thiocarbonyl (C=S) groups is 1. The fourth-order valence-electron chi connectivity index (χ4n) is 3.68. The number of carbonyl (C=O) groups excluding carboxylic acids is 1. The molecule has 11 heteroatoms. The Balaban J connectivity index is 1.30. The van der Waals surface area contributed by atoms with Crippen molar-refractivity contribution in [3.63, 3.8) is 0 Å². The smallest absolute Gasteiger partial charge is 0.261 e. The van der Waals surface area contributed by atoms with E-state index in [1.165, 1.54) is 18.4 Å². The standard InChI is InChI=1S/C24H19BrN6O2S2/c1-3-18-28-29-24-31(18)30-22(35-24)13-8-10-15(11-9-13)26-23(34)27-21(32)17-12-14-6-4-5-7-16(14)19(25)20(17)33-2/h4-12H,3H2,1-2H3,(H2,26,27,32,34). The average molecular weight is 567 g/mol. The number of methoxy groups -OCH3 is 1. The van der Waals surface area contributed by atoms with Crippen molar-refractivity contribution >= 4 is 71.9 Å². The van der Waals surface area contributed by atoms with Gasteiger partial charge in [0, 0.05) is 17.7 Å². The highest BCUT2D eigenvalue weighted by atomic mass is 79.9. The third kappa shape index (κ3) is 4.49. The lowest BCUT2D eigenvalue weighted by molar-refractivity contribution is 0.0975. The van der Waals surface area contributed by atoms with Gasteiger partial charge in [-0.2, -0.15) is 9.61 Å². The van der Waals surface area contributed by atoms with E-state index in [2.05, 4.69) is 41.9 Å². The van der Waals surface area contributed by atoms with Crippen molar-refractivity contribution in [2.24, 2.45) is 0 Å². The molecule has 2 aromatic heterocycles. The van der Waals surface area contributed by atoms with E-state index in [1.54, 1.807) is 10.6 Å². The number of hydrogen-bond acceptors (Lipinski definition) is 7. The van der Waals surface area contributed by atoms with Gasteiger partial charge in [-0.25, -0.2) is 0 Å². The van der Waals surface area contributed by atoms with Gasteiger partial charge in [0.15, 0.2) is 10.9 Å². The van der Waals surface area contributed by atoms with Crippen LogP contribution < -0.4 is 15.4 Å². The van der Waals surface area contributed by atoms with Gasteiger partial charge in [-0.3, -0.25) is 10.1 Å². The molecule has 0 saturated carbocycles. The molecule has 0 saturated heterocycles. The van der Waals surface area contributed by atoms with Crippen LogP contribution in [0.3, 0.4) is 0 Å². The Hall–Kier alpha value is -3.41. The minimum Gasteiger partial charge on any atom is -0.495 e. The number of amides is 1. The second kappa shape index (κ2) is 9.68. The first kappa shape index (κ1) is 23.3. The molecule has 0 fully saturated rings. The Labute approximate surface area is 218 Å². The summed E-state index contributed by atoms with van der Waals surface area (Å²) in [7, 11) is 1.53. The third-order valence-electron chi connectivity index (χ3n) is 5.38. The normalized spacial score (nSPS) is 11.1. The molecule has 5 rings (SSSR count). The summed E-state index contributed by atoms with van der Waals surface area (Å²) in [6.07, 6.45) is 0.762. The molecule has 0 atom stereocenters. The molecule has 8 nitrogen and oxygen atoms in total. The molecule has 35 heavy (non-hydrogen) atoms. The number of hydrogen-bond donors (Lipinski definition) is 2. The number of anilines is 1. The van der Waals surface area contributed by atoms with Crippen LogP contribution in [0.1, 0.15) is 23.1 Å². The summed E-state index contributed by atoms with van der Waals surface area (Å²) in [5.74, 6) is 0.912. The van der Waals surface area contributed by atoms with Crippen LogP contribution >= 0.6 is 39.5 Å². The molecule has 5 aromatic rings. The van der Waals surface area contributed by atoms with E-state index in [4.69, 9.17) is 17.0 Å². The monoisotopic (exact) mass is 566 g/mol. The maximum absolute atomic E-state index is 13.0. The number of carbonyl (C=O) groups is 1. The number of nitrogens with zero attached hydrogens (tertiary/aromatic N) is 4. The number of aryl methyl sites for hydroxylation is 1. The van der Waals surface area contributed by atoms with Gasteiger partial charge in [-0.05, 0) is 69.3 Å². The maximum Gasteiger partial charge on any atom is 0.261 e. The fraction of sp³-hybridized carbons (Fsp3) is 0.125. The van der Waals surface area contributed by atoms with Crippen LogP contribution in [0.25, 0.3) is 26.3 Å². The summed E-state index contributed by atoms with van der Waals surface area (Å²) >= 11 is 10.4. The van der Waals surface area contributed by atoms with Crippen LogP contribution in [0.2, 0.25) is 0 Å². The Morgan fingerprint density at radius 1 is 1.17 bits per heavy atom. The SMILES string of the molecule is CCc1nnc2sc(-c3ccc(NC(=S)NC(=O)c4cc5ccccc5c(Br)c4OC)cc3)nn12. The minimum absolute atomic E-state index is 0.181. The van der Waals surface area contributed by atoms with Crippen molar-refractivity contribution in [2.45, 2.75) is 13.3 Å². The molecule has 0 aliphatic rings. The number of halogens is 1. The van der Waals surface area contributed by atoms with Gasteiger partial charge in [0.25, 0.3) is 5.91 Å². The minimum atomic E-state index is -0.367. The first-order valence-electron chi connectivity index (χ1n) is 10.7. The molecule has 0 bridgehead atoms. The summed E-state index contributed by atoms with van der Waals surface area (Å²) in [5, 5.41) is 21.6. The molecule has 2 N–H and O–H groups in total.